The van der Waals surface area contributed by atoms with Crippen LogP contribution < -0.4 is 11.2 Å². The molecule has 1 heterocycles. The predicted molar refractivity (Wildman–Crippen MR) is 114 cm³/mol. The van der Waals surface area contributed by atoms with Gasteiger partial charge >= 0.3 is 0 Å². The van der Waals surface area contributed by atoms with E-state index in [-0.39, 0.29) is 11.7 Å². The predicted octanol–water partition coefficient (Wildman–Crippen LogP) is 4.40. The summed E-state index contributed by atoms with van der Waals surface area (Å²) in [7, 11) is 0. The number of benzene rings is 2. The largest absolute Gasteiger partial charge is 0.336 e. The van der Waals surface area contributed by atoms with Crippen molar-refractivity contribution in [3.63, 3.8) is 0 Å². The van der Waals surface area contributed by atoms with E-state index in [1.54, 1.807) is 11.8 Å². The van der Waals surface area contributed by atoms with Gasteiger partial charge in [-0.15, -0.1) is 10.2 Å². The molecule has 3 N–H and O–H groups in total. The molecule has 0 radical (unpaired) electrons. The molecular formula is C19H18ClN5OS2. The van der Waals surface area contributed by atoms with Crippen LogP contribution in [0.1, 0.15) is 24.6 Å². The second kappa shape index (κ2) is 8.46. The quantitative estimate of drug-likeness (QED) is 0.426. The number of anilines is 1. The number of nitrogens with two attached hydrogens (primary N) is 1. The Hall–Kier alpha value is -2.16. The number of hydrogen-bond donors (Lipinski definition) is 2. The molecule has 0 atom stereocenters. The number of halogens is 1. The Morgan fingerprint density at radius 2 is 1.93 bits per heavy atom. The second-order valence-electron chi connectivity index (χ2n) is 6.37. The Morgan fingerprint density at radius 1 is 1.18 bits per heavy atom. The Morgan fingerprint density at radius 3 is 2.68 bits per heavy atom. The molecule has 9 heteroatoms. The van der Waals surface area contributed by atoms with Crippen LogP contribution in [0.5, 0.6) is 0 Å². The number of rotatable bonds is 7. The number of nitrogens with zero attached hydrogens (tertiary/aromatic N) is 3. The van der Waals surface area contributed by atoms with Crippen LogP contribution in [0.25, 0.3) is 0 Å². The molecule has 1 saturated carbocycles. The van der Waals surface area contributed by atoms with Gasteiger partial charge in [0.15, 0.2) is 5.82 Å². The highest BCUT2D eigenvalue weighted by molar-refractivity contribution is 8.00. The van der Waals surface area contributed by atoms with Crippen LogP contribution in [0.2, 0.25) is 5.02 Å². The lowest BCUT2D eigenvalue weighted by molar-refractivity contribution is -0.113. The van der Waals surface area contributed by atoms with Crippen LogP contribution >= 0.6 is 35.1 Å². The van der Waals surface area contributed by atoms with Crippen molar-refractivity contribution in [2.75, 3.05) is 16.9 Å². The van der Waals surface area contributed by atoms with Gasteiger partial charge in [0.1, 0.15) is 0 Å². The maximum atomic E-state index is 12.4. The molecule has 28 heavy (non-hydrogen) atoms. The third-order valence-corrected chi connectivity index (χ3v) is 6.45. The first-order chi connectivity index (χ1) is 13.6. The Bertz CT molecular complexity index is 988. The van der Waals surface area contributed by atoms with Gasteiger partial charge in [0.05, 0.1) is 11.4 Å². The fourth-order valence-electron chi connectivity index (χ4n) is 2.61. The van der Waals surface area contributed by atoms with Gasteiger partial charge in [-0.05, 0) is 49.2 Å². The van der Waals surface area contributed by atoms with Crippen molar-refractivity contribution < 1.29 is 4.79 Å². The van der Waals surface area contributed by atoms with Crippen molar-refractivity contribution in [2.24, 2.45) is 0 Å². The van der Waals surface area contributed by atoms with Gasteiger partial charge in [-0.1, -0.05) is 47.3 Å². The highest BCUT2D eigenvalue weighted by Crippen LogP contribution is 2.39. The van der Waals surface area contributed by atoms with Crippen molar-refractivity contribution in [3.05, 3.63) is 59.4 Å². The van der Waals surface area contributed by atoms with E-state index in [0.29, 0.717) is 16.1 Å². The van der Waals surface area contributed by atoms with Crippen LogP contribution in [0.3, 0.4) is 0 Å². The van der Waals surface area contributed by atoms with Gasteiger partial charge in [0.2, 0.25) is 11.1 Å². The van der Waals surface area contributed by atoms with Crippen LogP contribution in [-0.4, -0.2) is 26.5 Å². The summed E-state index contributed by atoms with van der Waals surface area (Å²) in [4.78, 5) is 14.4. The molecule has 0 spiro atoms. The maximum absolute atomic E-state index is 12.4. The summed E-state index contributed by atoms with van der Waals surface area (Å²) in [6, 6.07) is 15.3. The zero-order valence-electron chi connectivity index (χ0n) is 14.8. The third-order valence-electron chi connectivity index (χ3n) is 4.17. The Balaban J connectivity index is 1.38. The smallest absolute Gasteiger partial charge is 0.234 e. The molecular weight excluding hydrogens is 414 g/mol. The minimum absolute atomic E-state index is 0.120. The minimum Gasteiger partial charge on any atom is -0.336 e. The number of aromatic nitrogens is 3. The average Bonchev–Trinajstić information content (AvgIpc) is 3.46. The summed E-state index contributed by atoms with van der Waals surface area (Å²) in [5, 5.41) is 12.4. The molecule has 144 valence electrons. The lowest BCUT2D eigenvalue weighted by Crippen LogP contribution is -2.17. The molecule has 1 fully saturated rings. The highest BCUT2D eigenvalue weighted by atomic mass is 35.5. The molecule has 4 rings (SSSR count). The van der Waals surface area contributed by atoms with Crippen molar-refractivity contribution in [1.82, 2.24) is 14.9 Å². The molecule has 0 unspecified atom stereocenters. The number of nitrogens with one attached hydrogen (secondary N) is 1. The number of para-hydroxylation sites is 1. The average molecular weight is 432 g/mol. The first-order valence-corrected chi connectivity index (χ1v) is 10.9. The van der Waals surface area contributed by atoms with E-state index in [1.807, 2.05) is 48.5 Å². The van der Waals surface area contributed by atoms with Gasteiger partial charge < -0.3 is 11.2 Å². The van der Waals surface area contributed by atoms with E-state index < -0.39 is 0 Å². The topological polar surface area (TPSA) is 85.8 Å². The molecule has 0 saturated heterocycles. The van der Waals surface area contributed by atoms with Crippen molar-refractivity contribution in [2.45, 2.75) is 33.7 Å². The van der Waals surface area contributed by atoms with Crippen LogP contribution in [-0.2, 0) is 4.79 Å². The van der Waals surface area contributed by atoms with E-state index >= 15 is 0 Å². The molecule has 3 aromatic rings. The van der Waals surface area contributed by atoms with E-state index in [0.717, 1.165) is 34.1 Å². The fourth-order valence-corrected chi connectivity index (χ4v) is 4.30. The standard InChI is InChI=1S/C19H18ClN5OS2/c20-13-7-9-14(10-8-13)28-16-4-2-1-3-15(16)22-17(26)11-27-19-24-23-18(25(19)21)12-5-6-12/h1-4,7-10,12H,5-6,11,21H2,(H,22,26). The molecule has 1 amide bonds. The second-order valence-corrected chi connectivity index (χ2v) is 8.87. The molecule has 0 bridgehead atoms. The molecule has 1 aliphatic rings. The summed E-state index contributed by atoms with van der Waals surface area (Å²) in [6.45, 7) is 0. The van der Waals surface area contributed by atoms with Gasteiger partial charge in [0.25, 0.3) is 0 Å². The van der Waals surface area contributed by atoms with Gasteiger partial charge in [-0.2, -0.15) is 0 Å². The molecule has 0 aliphatic heterocycles. The van der Waals surface area contributed by atoms with Gasteiger partial charge in [0, 0.05) is 20.7 Å². The van der Waals surface area contributed by atoms with Gasteiger partial charge in [-0.3, -0.25) is 4.79 Å². The first kappa shape index (κ1) is 19.2. The summed E-state index contributed by atoms with van der Waals surface area (Å²) >= 11 is 8.80. The number of hydrogen-bond acceptors (Lipinski definition) is 6. The monoisotopic (exact) mass is 431 g/mol. The zero-order valence-corrected chi connectivity index (χ0v) is 17.2. The molecule has 6 nitrogen and oxygen atoms in total. The van der Waals surface area contributed by atoms with Gasteiger partial charge in [-0.25, -0.2) is 4.68 Å². The normalized spacial score (nSPS) is 13.5. The Labute approximate surface area is 176 Å². The van der Waals surface area contributed by atoms with E-state index in [2.05, 4.69) is 15.5 Å². The SMILES string of the molecule is Nn1c(SCC(=O)Nc2ccccc2Sc2ccc(Cl)cc2)nnc1C1CC1. The first-order valence-electron chi connectivity index (χ1n) is 8.75. The summed E-state index contributed by atoms with van der Waals surface area (Å²) in [5.41, 5.74) is 0.765. The summed E-state index contributed by atoms with van der Waals surface area (Å²) in [5.74, 6) is 7.33. The number of carbonyl (C=O) groups is 1. The zero-order chi connectivity index (χ0) is 19.5. The molecule has 1 aromatic heterocycles. The number of carbonyl (C=O) groups excluding carboxylic acids is 1. The summed E-state index contributed by atoms with van der Waals surface area (Å²) in [6.07, 6.45) is 2.20. The molecule has 2 aromatic carbocycles. The lowest BCUT2D eigenvalue weighted by Gasteiger charge is -2.10. The van der Waals surface area contributed by atoms with E-state index in [4.69, 9.17) is 17.4 Å². The Kier molecular flexibility index (Phi) is 5.79. The van der Waals surface area contributed by atoms with E-state index in [9.17, 15) is 4.79 Å². The summed E-state index contributed by atoms with van der Waals surface area (Å²) < 4.78 is 1.50. The third kappa shape index (κ3) is 4.63. The number of amides is 1. The lowest BCUT2D eigenvalue weighted by atomic mass is 10.3. The van der Waals surface area contributed by atoms with Crippen molar-refractivity contribution in [1.29, 1.82) is 0 Å². The molecule has 1 aliphatic carbocycles. The number of nitrogen functional groups attached to an aromatic ring is 1. The van der Waals surface area contributed by atoms with Crippen molar-refractivity contribution in [3.8, 4) is 0 Å². The van der Waals surface area contributed by atoms with E-state index in [1.165, 1.54) is 16.4 Å². The fraction of sp³-hybridized carbons (Fsp3) is 0.211. The van der Waals surface area contributed by atoms with Crippen molar-refractivity contribution >= 4 is 46.7 Å². The highest BCUT2D eigenvalue weighted by Gasteiger charge is 2.30. The van der Waals surface area contributed by atoms with Crippen LogP contribution in [0.15, 0.2) is 63.5 Å². The minimum atomic E-state index is -0.120. The number of thioether (sulfide) groups is 1. The van der Waals surface area contributed by atoms with Crippen LogP contribution in [0.4, 0.5) is 5.69 Å². The maximum Gasteiger partial charge on any atom is 0.234 e. The van der Waals surface area contributed by atoms with Crippen LogP contribution in [0, 0.1) is 0 Å².